The number of rotatable bonds is 5. The smallest absolute Gasteiger partial charge is 0.220 e. The van der Waals surface area contributed by atoms with Gasteiger partial charge in [0, 0.05) is 18.9 Å². The summed E-state index contributed by atoms with van der Waals surface area (Å²) in [5, 5.41) is 11.4. The van der Waals surface area contributed by atoms with Gasteiger partial charge in [-0.05, 0) is 19.1 Å². The summed E-state index contributed by atoms with van der Waals surface area (Å²) < 4.78 is 5.09. The summed E-state index contributed by atoms with van der Waals surface area (Å²) in [6.45, 7) is 1.72. The summed E-state index contributed by atoms with van der Waals surface area (Å²) in [7, 11) is 0. The molecule has 0 saturated heterocycles. The van der Waals surface area contributed by atoms with E-state index in [1.807, 2.05) is 6.07 Å². The molecule has 0 aliphatic heterocycles. The monoisotopic (exact) mass is 197 g/mol. The van der Waals surface area contributed by atoms with Gasteiger partial charge in [0.05, 0.1) is 12.9 Å². The third kappa shape index (κ3) is 3.62. The van der Waals surface area contributed by atoms with E-state index in [2.05, 4.69) is 5.32 Å². The molecular weight excluding hydrogens is 182 g/mol. The lowest BCUT2D eigenvalue weighted by Gasteiger charge is -2.09. The summed E-state index contributed by atoms with van der Waals surface area (Å²) in [6.07, 6.45) is 2.57. The number of aryl methyl sites for hydroxylation is 1. The van der Waals surface area contributed by atoms with Crippen molar-refractivity contribution >= 4 is 5.91 Å². The van der Waals surface area contributed by atoms with Crippen molar-refractivity contribution in [2.45, 2.75) is 25.8 Å². The zero-order valence-corrected chi connectivity index (χ0v) is 8.19. The minimum Gasteiger partial charge on any atom is -0.469 e. The second-order valence-corrected chi connectivity index (χ2v) is 3.23. The molecule has 0 aliphatic rings. The fourth-order valence-electron chi connectivity index (χ4n) is 1.08. The van der Waals surface area contributed by atoms with Gasteiger partial charge in [0.25, 0.3) is 0 Å². The Bertz CT molecular complexity index is 269. The molecular formula is C10H15NO3. The molecule has 1 amide bonds. The summed E-state index contributed by atoms with van der Waals surface area (Å²) >= 11 is 0. The Hall–Kier alpha value is -1.29. The third-order valence-corrected chi connectivity index (χ3v) is 1.86. The van der Waals surface area contributed by atoms with Gasteiger partial charge in [-0.2, -0.15) is 0 Å². The summed E-state index contributed by atoms with van der Waals surface area (Å²) in [6, 6.07) is 3.45. The van der Waals surface area contributed by atoms with E-state index < -0.39 is 0 Å². The molecule has 4 nitrogen and oxygen atoms in total. The molecule has 4 heteroatoms. The second kappa shape index (κ2) is 5.44. The van der Waals surface area contributed by atoms with E-state index in [-0.39, 0.29) is 18.6 Å². The van der Waals surface area contributed by atoms with E-state index in [0.29, 0.717) is 12.8 Å². The van der Waals surface area contributed by atoms with Gasteiger partial charge in [-0.1, -0.05) is 0 Å². The van der Waals surface area contributed by atoms with Crippen LogP contribution in [0.1, 0.15) is 19.1 Å². The molecule has 0 radical (unpaired) electrons. The number of amides is 1. The zero-order valence-electron chi connectivity index (χ0n) is 8.19. The van der Waals surface area contributed by atoms with Gasteiger partial charge in [-0.3, -0.25) is 4.79 Å². The van der Waals surface area contributed by atoms with Crippen LogP contribution in [-0.2, 0) is 11.2 Å². The number of hydrogen-bond acceptors (Lipinski definition) is 3. The minimum atomic E-state index is -0.181. The molecule has 0 saturated carbocycles. The molecule has 78 valence electrons. The Morgan fingerprint density at radius 1 is 1.71 bits per heavy atom. The normalized spacial score (nSPS) is 12.4. The van der Waals surface area contributed by atoms with Gasteiger partial charge < -0.3 is 14.8 Å². The number of carbonyl (C=O) groups is 1. The van der Waals surface area contributed by atoms with E-state index >= 15 is 0 Å². The molecule has 1 rings (SSSR count). The Morgan fingerprint density at radius 2 is 2.50 bits per heavy atom. The van der Waals surface area contributed by atoms with E-state index in [1.54, 1.807) is 19.3 Å². The predicted molar refractivity (Wildman–Crippen MR) is 51.7 cm³/mol. The number of aliphatic hydroxyl groups is 1. The van der Waals surface area contributed by atoms with Gasteiger partial charge in [0.2, 0.25) is 5.91 Å². The second-order valence-electron chi connectivity index (χ2n) is 3.23. The lowest BCUT2D eigenvalue weighted by Crippen LogP contribution is -2.35. The van der Waals surface area contributed by atoms with Crippen molar-refractivity contribution in [1.82, 2.24) is 5.32 Å². The highest BCUT2D eigenvalue weighted by Gasteiger charge is 2.06. The van der Waals surface area contributed by atoms with Crippen molar-refractivity contribution in [3.05, 3.63) is 24.2 Å². The van der Waals surface area contributed by atoms with Crippen LogP contribution in [0.25, 0.3) is 0 Å². The number of nitrogens with one attached hydrogen (secondary N) is 1. The first-order chi connectivity index (χ1) is 6.72. The van der Waals surface area contributed by atoms with Crippen LogP contribution in [0.2, 0.25) is 0 Å². The highest BCUT2D eigenvalue weighted by Crippen LogP contribution is 2.03. The average molecular weight is 197 g/mol. The molecule has 0 aromatic carbocycles. The van der Waals surface area contributed by atoms with Crippen LogP contribution in [0.5, 0.6) is 0 Å². The molecule has 1 unspecified atom stereocenters. The molecule has 14 heavy (non-hydrogen) atoms. The van der Waals surface area contributed by atoms with Crippen LogP contribution in [0, 0.1) is 0 Å². The van der Waals surface area contributed by atoms with E-state index in [1.165, 1.54) is 0 Å². The molecule has 2 N–H and O–H groups in total. The van der Waals surface area contributed by atoms with Gasteiger partial charge in [0.15, 0.2) is 0 Å². The van der Waals surface area contributed by atoms with Crippen LogP contribution >= 0.6 is 0 Å². The molecule has 1 heterocycles. The zero-order chi connectivity index (χ0) is 10.4. The molecule has 1 aromatic heterocycles. The van der Waals surface area contributed by atoms with Crippen LogP contribution in [-0.4, -0.2) is 23.7 Å². The van der Waals surface area contributed by atoms with Gasteiger partial charge in [-0.25, -0.2) is 0 Å². The number of furan rings is 1. The maximum Gasteiger partial charge on any atom is 0.220 e. The van der Waals surface area contributed by atoms with Crippen LogP contribution in [0.3, 0.4) is 0 Å². The first-order valence-corrected chi connectivity index (χ1v) is 4.65. The minimum absolute atomic E-state index is 0.0352. The Labute approximate surface area is 82.9 Å². The van der Waals surface area contributed by atoms with Gasteiger partial charge in [-0.15, -0.1) is 0 Å². The first-order valence-electron chi connectivity index (χ1n) is 4.65. The van der Waals surface area contributed by atoms with Gasteiger partial charge in [0.1, 0.15) is 5.76 Å². The van der Waals surface area contributed by atoms with E-state index in [4.69, 9.17) is 9.52 Å². The van der Waals surface area contributed by atoms with E-state index in [9.17, 15) is 4.79 Å². The van der Waals surface area contributed by atoms with Gasteiger partial charge >= 0.3 is 0 Å². The van der Waals surface area contributed by atoms with Crippen molar-refractivity contribution in [2.24, 2.45) is 0 Å². The van der Waals surface area contributed by atoms with Crippen molar-refractivity contribution < 1.29 is 14.3 Å². The number of aliphatic hydroxyl groups excluding tert-OH is 1. The Morgan fingerprint density at radius 3 is 3.07 bits per heavy atom. The molecule has 0 spiro atoms. The summed E-state index contributed by atoms with van der Waals surface area (Å²) in [4.78, 5) is 11.2. The Kier molecular flexibility index (Phi) is 4.19. The van der Waals surface area contributed by atoms with Crippen molar-refractivity contribution in [3.8, 4) is 0 Å². The lowest BCUT2D eigenvalue weighted by atomic mass is 10.2. The average Bonchev–Trinajstić information content (AvgIpc) is 2.67. The fraction of sp³-hybridized carbons (Fsp3) is 0.500. The largest absolute Gasteiger partial charge is 0.469 e. The topological polar surface area (TPSA) is 62.5 Å². The molecule has 1 atom stereocenters. The highest BCUT2D eigenvalue weighted by atomic mass is 16.3. The fourth-order valence-corrected chi connectivity index (χ4v) is 1.08. The summed E-state index contributed by atoms with van der Waals surface area (Å²) in [5.41, 5.74) is 0. The quantitative estimate of drug-likeness (QED) is 0.730. The SMILES string of the molecule is CC(CO)NC(=O)CCc1ccco1. The molecule has 0 bridgehead atoms. The van der Waals surface area contributed by atoms with E-state index in [0.717, 1.165) is 5.76 Å². The Balaban J connectivity index is 2.22. The van der Waals surface area contributed by atoms with Crippen molar-refractivity contribution in [1.29, 1.82) is 0 Å². The van der Waals surface area contributed by atoms with Crippen LogP contribution < -0.4 is 5.32 Å². The standard InChI is InChI=1S/C10H15NO3/c1-8(7-12)11-10(13)5-4-9-3-2-6-14-9/h2-3,6,8,12H,4-5,7H2,1H3,(H,11,13). The third-order valence-electron chi connectivity index (χ3n) is 1.86. The first kappa shape index (κ1) is 10.8. The maximum absolute atomic E-state index is 11.2. The molecule has 1 aromatic rings. The van der Waals surface area contributed by atoms with Crippen molar-refractivity contribution in [2.75, 3.05) is 6.61 Å². The number of carbonyl (C=O) groups excluding carboxylic acids is 1. The molecule has 0 fully saturated rings. The van der Waals surface area contributed by atoms with Crippen molar-refractivity contribution in [3.63, 3.8) is 0 Å². The lowest BCUT2D eigenvalue weighted by molar-refractivity contribution is -0.122. The number of hydrogen-bond donors (Lipinski definition) is 2. The molecule has 0 aliphatic carbocycles. The van der Waals surface area contributed by atoms with Crippen LogP contribution in [0.15, 0.2) is 22.8 Å². The predicted octanol–water partition coefficient (Wildman–Crippen LogP) is 0.709. The maximum atomic E-state index is 11.2. The highest BCUT2D eigenvalue weighted by molar-refractivity contribution is 5.76. The summed E-state index contributed by atoms with van der Waals surface area (Å²) in [5.74, 6) is 0.736. The van der Waals surface area contributed by atoms with Crippen LogP contribution in [0.4, 0.5) is 0 Å².